The van der Waals surface area contributed by atoms with Crippen molar-refractivity contribution in [3.8, 4) is 39.5 Å². The number of rotatable bonds is 13. The van der Waals surface area contributed by atoms with Crippen LogP contribution in [0.1, 0.15) is 33.6 Å². The van der Waals surface area contributed by atoms with Crippen molar-refractivity contribution < 1.29 is 47.3 Å². The average molecular weight is 615 g/mol. The Balaban J connectivity index is 1.88. The molecule has 0 bridgehead atoms. The van der Waals surface area contributed by atoms with Crippen LogP contribution in [0.5, 0.6) is 17.2 Å². The lowest BCUT2D eigenvalue weighted by molar-refractivity contribution is -0.150. The smallest absolute Gasteiger partial charge is 0.349 e. The number of benzene rings is 3. The third kappa shape index (κ3) is 9.96. The summed E-state index contributed by atoms with van der Waals surface area (Å²) in [5.41, 5.74) is 2.09. The number of hydrogen-bond donors (Lipinski definition) is 0. The van der Waals surface area contributed by atoms with Gasteiger partial charge in [-0.2, -0.15) is 0 Å². The van der Waals surface area contributed by atoms with Crippen molar-refractivity contribution in [1.82, 2.24) is 0 Å². The third-order valence-corrected chi connectivity index (χ3v) is 6.07. The molecule has 3 aromatic carbocycles. The lowest BCUT2D eigenvalue weighted by Crippen LogP contribution is -2.19. The molecule has 0 amide bonds. The van der Waals surface area contributed by atoms with Gasteiger partial charge in [-0.1, -0.05) is 44.0 Å². The number of ether oxygens (including phenoxy) is 4. The van der Waals surface area contributed by atoms with E-state index in [9.17, 15) is 24.0 Å². The second kappa shape index (κ2) is 15.2. The van der Waals surface area contributed by atoms with Gasteiger partial charge in [-0.3, -0.25) is 9.59 Å². The Bertz CT molecular complexity index is 1640. The summed E-state index contributed by atoms with van der Waals surface area (Å²) in [4.78, 5) is 60.1. The van der Waals surface area contributed by atoms with Crippen LogP contribution >= 0.6 is 0 Å². The van der Waals surface area contributed by atoms with Gasteiger partial charge in [0.2, 0.25) is 0 Å². The van der Waals surface area contributed by atoms with Crippen molar-refractivity contribution in [2.24, 2.45) is 0 Å². The van der Waals surface area contributed by atoms with Crippen LogP contribution in [0, 0.1) is 5.82 Å². The minimum atomic E-state index is -0.926. The normalized spacial score (nSPS) is 10.3. The fraction of sp³-hybridized carbons (Fsp3) is 0.171. The fourth-order valence-electron chi connectivity index (χ4n) is 3.70. The summed E-state index contributed by atoms with van der Waals surface area (Å²) in [6, 6.07) is 14.7. The van der Waals surface area contributed by atoms with E-state index in [0.29, 0.717) is 22.3 Å². The average Bonchev–Trinajstić information content (AvgIpc) is 2.98. The molecule has 0 aromatic heterocycles. The van der Waals surface area contributed by atoms with Gasteiger partial charge in [0, 0.05) is 29.2 Å². The number of carbonyl (C=O) groups is 5. The van der Waals surface area contributed by atoms with Gasteiger partial charge >= 0.3 is 23.9 Å². The van der Waals surface area contributed by atoms with Gasteiger partial charge in [-0.15, -0.1) is 0 Å². The molecule has 0 N–H and O–H groups in total. The van der Waals surface area contributed by atoms with Crippen molar-refractivity contribution in [3.05, 3.63) is 103 Å². The number of Topliss-reactive ketones (excluding diaryl/α,β-unsaturated/α-hetero) is 1. The molecule has 0 heterocycles. The number of ketones is 1. The molecule has 0 saturated carbocycles. The Morgan fingerprint density at radius 3 is 1.73 bits per heavy atom. The Morgan fingerprint density at radius 2 is 1.18 bits per heavy atom. The zero-order valence-corrected chi connectivity index (χ0v) is 25.1. The van der Waals surface area contributed by atoms with Crippen LogP contribution in [0.25, 0.3) is 22.3 Å². The highest BCUT2D eigenvalue weighted by molar-refractivity contribution is 5.96. The highest BCUT2D eigenvalue weighted by atomic mass is 19.1. The summed E-state index contributed by atoms with van der Waals surface area (Å²) < 4.78 is 36.1. The van der Waals surface area contributed by atoms with Crippen molar-refractivity contribution >= 4 is 29.7 Å². The maximum Gasteiger partial charge on any atom is 0.349 e. The largest absolute Gasteiger partial charge is 0.450 e. The lowest BCUT2D eigenvalue weighted by Gasteiger charge is -2.12. The van der Waals surface area contributed by atoms with Crippen molar-refractivity contribution in [1.29, 1.82) is 0 Å². The molecule has 45 heavy (non-hydrogen) atoms. The van der Waals surface area contributed by atoms with E-state index in [2.05, 4.69) is 19.7 Å². The van der Waals surface area contributed by atoms with Crippen LogP contribution in [-0.2, 0) is 28.7 Å². The van der Waals surface area contributed by atoms with Crippen LogP contribution in [0.2, 0.25) is 0 Å². The molecular weight excluding hydrogens is 583 g/mol. The Morgan fingerprint density at radius 1 is 0.600 bits per heavy atom. The molecule has 0 aliphatic heterocycles. The number of esters is 4. The van der Waals surface area contributed by atoms with E-state index < -0.39 is 36.3 Å². The molecular formula is C35H31FO9. The minimum absolute atomic E-state index is 0.0358. The number of allylic oxidation sites excluding steroid dienone is 1. The summed E-state index contributed by atoms with van der Waals surface area (Å²) in [7, 11) is 0. The fourth-order valence-corrected chi connectivity index (χ4v) is 3.70. The first-order valence-electron chi connectivity index (χ1n) is 13.6. The molecule has 0 spiro atoms. The molecule has 0 saturated heterocycles. The molecule has 0 atom stereocenters. The molecule has 0 aliphatic rings. The summed E-state index contributed by atoms with van der Waals surface area (Å²) in [5.74, 6) is -3.74. The van der Waals surface area contributed by atoms with Crippen molar-refractivity contribution in [2.75, 3.05) is 6.61 Å². The summed E-state index contributed by atoms with van der Waals surface area (Å²) in [6.45, 7) is 14.3. The quantitative estimate of drug-likeness (QED) is 0.121. The van der Waals surface area contributed by atoms with E-state index in [1.807, 2.05) is 0 Å². The molecule has 3 rings (SSSR count). The van der Waals surface area contributed by atoms with Crippen LogP contribution in [-0.4, -0.2) is 36.3 Å². The Labute approximate surface area is 259 Å². The summed E-state index contributed by atoms with van der Waals surface area (Å²) >= 11 is 0. The maximum absolute atomic E-state index is 15.4. The van der Waals surface area contributed by atoms with E-state index in [4.69, 9.17) is 18.9 Å². The zero-order chi connectivity index (χ0) is 33.3. The van der Waals surface area contributed by atoms with E-state index in [1.54, 1.807) is 18.2 Å². The SMILES string of the molecule is C=C(C)C(=O)CCC(=O)Oc1cc(OC(=O)COC(=O)C(=C)C)cc(-c2ccc(-c3ccc(OC(=O)C(=C)C)cc3)c(F)c2)c1. The van der Waals surface area contributed by atoms with E-state index in [-0.39, 0.29) is 52.6 Å². The van der Waals surface area contributed by atoms with Crippen molar-refractivity contribution in [2.45, 2.75) is 33.6 Å². The highest BCUT2D eigenvalue weighted by Gasteiger charge is 2.16. The van der Waals surface area contributed by atoms with Crippen LogP contribution in [0.15, 0.2) is 97.1 Å². The maximum atomic E-state index is 15.4. The highest BCUT2D eigenvalue weighted by Crippen LogP contribution is 2.34. The second-order valence-corrected chi connectivity index (χ2v) is 10.1. The number of halogens is 1. The van der Waals surface area contributed by atoms with Crippen LogP contribution < -0.4 is 14.2 Å². The van der Waals surface area contributed by atoms with Gasteiger partial charge in [0.1, 0.15) is 23.1 Å². The van der Waals surface area contributed by atoms with Gasteiger partial charge in [-0.25, -0.2) is 18.8 Å². The monoisotopic (exact) mass is 614 g/mol. The van der Waals surface area contributed by atoms with Crippen molar-refractivity contribution in [3.63, 3.8) is 0 Å². The summed E-state index contributed by atoms with van der Waals surface area (Å²) in [6.07, 6.45) is -0.329. The molecule has 3 aromatic rings. The first-order valence-corrected chi connectivity index (χ1v) is 13.6. The molecule has 9 nitrogen and oxygen atoms in total. The molecule has 232 valence electrons. The lowest BCUT2D eigenvalue weighted by atomic mass is 9.99. The first kappa shape index (κ1) is 33.9. The predicted molar refractivity (Wildman–Crippen MR) is 164 cm³/mol. The molecule has 0 radical (unpaired) electrons. The zero-order valence-electron chi connectivity index (χ0n) is 25.1. The number of hydrogen-bond acceptors (Lipinski definition) is 9. The van der Waals surface area contributed by atoms with Crippen LogP contribution in [0.4, 0.5) is 4.39 Å². The van der Waals surface area contributed by atoms with Gasteiger partial charge in [0.15, 0.2) is 12.4 Å². The van der Waals surface area contributed by atoms with Gasteiger partial charge in [0.25, 0.3) is 0 Å². The molecule has 0 fully saturated rings. The van der Waals surface area contributed by atoms with E-state index in [1.165, 1.54) is 63.2 Å². The van der Waals surface area contributed by atoms with Gasteiger partial charge in [0.05, 0.1) is 6.42 Å². The molecule has 0 aliphatic carbocycles. The van der Waals surface area contributed by atoms with Crippen LogP contribution in [0.3, 0.4) is 0 Å². The Kier molecular flexibility index (Phi) is 11.4. The topological polar surface area (TPSA) is 122 Å². The standard InChI is InChI=1S/C35H31FO9/c1-20(2)31(37)13-14-32(38)43-27-15-25(16-28(18-27)44-33(39)19-42-34(40)21(3)4)24-9-12-29(30(36)17-24)23-7-10-26(11-8-23)45-35(41)22(5)6/h7-12,15-18H,1,3,5,13-14,19H2,2,4,6H3. The van der Waals surface area contributed by atoms with Gasteiger partial charge < -0.3 is 18.9 Å². The second-order valence-electron chi connectivity index (χ2n) is 10.1. The first-order chi connectivity index (χ1) is 21.2. The van der Waals surface area contributed by atoms with E-state index >= 15 is 4.39 Å². The third-order valence-electron chi connectivity index (χ3n) is 6.07. The molecule has 10 heteroatoms. The van der Waals surface area contributed by atoms with Gasteiger partial charge in [-0.05, 0) is 73.4 Å². The Hall–Kier alpha value is -5.64. The minimum Gasteiger partial charge on any atom is -0.450 e. The number of carbonyl (C=O) groups excluding carboxylic acids is 5. The summed E-state index contributed by atoms with van der Waals surface area (Å²) in [5, 5.41) is 0. The molecule has 0 unspecified atom stereocenters. The van der Waals surface area contributed by atoms with E-state index in [0.717, 1.165) is 0 Å². The predicted octanol–water partition coefficient (Wildman–Crippen LogP) is 6.50.